The monoisotopic (exact) mass is 556 g/mol. The lowest BCUT2D eigenvalue weighted by molar-refractivity contribution is -0.730. The zero-order valence-electron chi connectivity index (χ0n) is 25.8. The number of hydrogen-bond donors (Lipinski definition) is 0. The van der Waals surface area contributed by atoms with E-state index < -0.39 is 0 Å². The number of benzene rings is 3. The molecule has 0 bridgehead atoms. The standard InChI is InChI=1S/C37H40N4O/c1-25-38(8)18-19-40(25)28-20-27(37(5,6)7)21-30(23-28)42-29-14-15-32-31-12-10-11-13-33(31)41(34(32)24-29)35-22-26(36(2,3)4)16-17-39(35)9/h10-24H,1,9H2,2-8H3. The van der Waals surface area contributed by atoms with Gasteiger partial charge in [-0.1, -0.05) is 77.8 Å². The number of nitrogens with zero attached hydrogens (tertiary/aromatic N) is 4. The molecule has 0 N–H and O–H groups in total. The lowest BCUT2D eigenvalue weighted by Crippen LogP contribution is -2.45. The van der Waals surface area contributed by atoms with Crippen molar-refractivity contribution in [2.45, 2.75) is 47.0 Å². The molecule has 6 rings (SSSR count). The predicted molar refractivity (Wildman–Crippen MR) is 174 cm³/mol. The molecule has 0 radical (unpaired) electrons. The number of ether oxygens (including phenoxy) is 1. The van der Waals surface area contributed by atoms with E-state index in [2.05, 4.69) is 143 Å². The summed E-state index contributed by atoms with van der Waals surface area (Å²) in [4.78, 5) is 4.11. The predicted octanol–water partition coefficient (Wildman–Crippen LogP) is 8.33. The highest BCUT2D eigenvalue weighted by atomic mass is 16.5. The van der Waals surface area contributed by atoms with E-state index in [0.29, 0.717) is 0 Å². The molecule has 5 nitrogen and oxygen atoms in total. The lowest BCUT2D eigenvalue weighted by atomic mass is 9.85. The molecule has 0 atom stereocenters. The molecule has 214 valence electrons. The van der Waals surface area contributed by atoms with E-state index >= 15 is 0 Å². The van der Waals surface area contributed by atoms with E-state index in [1.165, 1.54) is 21.9 Å². The SMILES string of the molecule is C=C1N(C)C=CN1c1cc(Oc2ccc3c4ccccc4[n+]([C-]4C=C(C(C)(C)C)C=C[N+]4=C)[c-]3c2)cc(C(C)(C)C)c1. The van der Waals surface area contributed by atoms with Gasteiger partial charge in [0.1, 0.15) is 28.4 Å². The average Bonchev–Trinajstić information content (AvgIpc) is 3.43. The van der Waals surface area contributed by atoms with E-state index in [9.17, 15) is 0 Å². The summed E-state index contributed by atoms with van der Waals surface area (Å²) in [7, 11) is 2.00. The molecule has 0 aliphatic carbocycles. The first kappa shape index (κ1) is 27.5. The van der Waals surface area contributed by atoms with Gasteiger partial charge in [0.25, 0.3) is 0 Å². The van der Waals surface area contributed by atoms with Crippen molar-refractivity contribution in [2.75, 3.05) is 11.9 Å². The summed E-state index contributed by atoms with van der Waals surface area (Å²) in [6, 6.07) is 21.4. The Kier molecular flexibility index (Phi) is 6.38. The average molecular weight is 557 g/mol. The van der Waals surface area contributed by atoms with Crippen LogP contribution in [0.15, 0.2) is 109 Å². The molecule has 3 heterocycles. The van der Waals surface area contributed by atoms with Gasteiger partial charge in [0.05, 0.1) is 11.9 Å². The third kappa shape index (κ3) is 4.79. The van der Waals surface area contributed by atoms with Gasteiger partial charge in [0.2, 0.25) is 0 Å². The van der Waals surface area contributed by atoms with Gasteiger partial charge in [0, 0.05) is 32.2 Å². The van der Waals surface area contributed by atoms with Crippen LogP contribution in [0, 0.1) is 11.6 Å². The quantitative estimate of drug-likeness (QED) is 0.186. The van der Waals surface area contributed by atoms with Gasteiger partial charge in [-0.2, -0.15) is 0 Å². The number of allylic oxidation sites excluding steroid dienone is 2. The molecule has 0 saturated heterocycles. The van der Waals surface area contributed by atoms with Crippen molar-refractivity contribution in [3.8, 4) is 11.5 Å². The molecule has 42 heavy (non-hydrogen) atoms. The summed E-state index contributed by atoms with van der Waals surface area (Å²) < 4.78 is 10.9. The third-order valence-electron chi connectivity index (χ3n) is 8.15. The maximum Gasteiger partial charge on any atom is 0.316 e. The summed E-state index contributed by atoms with van der Waals surface area (Å²) in [6.45, 7) is 22.0. The molecule has 0 spiro atoms. The Morgan fingerprint density at radius 3 is 2.33 bits per heavy atom. The van der Waals surface area contributed by atoms with Gasteiger partial charge < -0.3 is 14.5 Å². The normalized spacial score (nSPS) is 15.9. The lowest BCUT2D eigenvalue weighted by Gasteiger charge is -2.29. The summed E-state index contributed by atoms with van der Waals surface area (Å²) in [5.41, 5.74) is 5.63. The molecular weight excluding hydrogens is 516 g/mol. The van der Waals surface area contributed by atoms with Crippen molar-refractivity contribution in [2.24, 2.45) is 5.41 Å². The Morgan fingerprint density at radius 1 is 0.881 bits per heavy atom. The van der Waals surface area contributed by atoms with Crippen LogP contribution < -0.4 is 14.2 Å². The van der Waals surface area contributed by atoms with E-state index in [-0.39, 0.29) is 10.8 Å². The molecule has 4 aromatic rings. The van der Waals surface area contributed by atoms with Crippen molar-refractivity contribution in [1.29, 1.82) is 0 Å². The topological polar surface area (TPSA) is 22.6 Å². The fourth-order valence-electron chi connectivity index (χ4n) is 5.53. The zero-order chi connectivity index (χ0) is 30.0. The minimum atomic E-state index is -0.0546. The Labute approximate surface area is 249 Å². The number of anilines is 1. The number of rotatable bonds is 4. The van der Waals surface area contributed by atoms with Crippen LogP contribution in [0.4, 0.5) is 5.69 Å². The molecule has 3 aromatic carbocycles. The first-order chi connectivity index (χ1) is 19.8. The highest BCUT2D eigenvalue weighted by Gasteiger charge is 2.28. The summed E-state index contributed by atoms with van der Waals surface area (Å²) in [5, 5.41) is 2.37. The van der Waals surface area contributed by atoms with Crippen LogP contribution in [-0.2, 0) is 5.41 Å². The van der Waals surface area contributed by atoms with Crippen LogP contribution in [0.3, 0.4) is 0 Å². The smallest absolute Gasteiger partial charge is 0.316 e. The number of fused-ring (bicyclic) bond motifs is 3. The summed E-state index contributed by atoms with van der Waals surface area (Å²) in [5.74, 6) is 2.47. The van der Waals surface area contributed by atoms with Crippen molar-refractivity contribution in [3.05, 3.63) is 121 Å². The second-order valence-electron chi connectivity index (χ2n) is 13.3. The maximum atomic E-state index is 6.65. The summed E-state index contributed by atoms with van der Waals surface area (Å²) in [6.07, 6.45) is 11.5. The first-order valence-corrected chi connectivity index (χ1v) is 14.4. The fraction of sp³-hybridized carbons (Fsp3) is 0.243. The number of hydrogen-bond acceptors (Lipinski definition) is 3. The van der Waals surface area contributed by atoms with Gasteiger partial charge in [-0.15, -0.1) is 11.6 Å². The molecule has 2 aliphatic rings. The van der Waals surface area contributed by atoms with Crippen LogP contribution in [-0.4, -0.2) is 23.2 Å². The van der Waals surface area contributed by atoms with Crippen LogP contribution in [0.2, 0.25) is 0 Å². The Balaban J connectivity index is 1.48. The van der Waals surface area contributed by atoms with Crippen LogP contribution in [0.5, 0.6) is 11.5 Å². The minimum Gasteiger partial charge on any atom is -0.458 e. The number of aromatic nitrogens is 1. The molecule has 0 amide bonds. The van der Waals surface area contributed by atoms with Crippen molar-refractivity contribution in [1.82, 2.24) is 4.90 Å². The molecule has 2 aliphatic heterocycles. The van der Waals surface area contributed by atoms with Gasteiger partial charge >= 0.3 is 6.17 Å². The van der Waals surface area contributed by atoms with E-state index in [0.717, 1.165) is 40.2 Å². The molecule has 1 aromatic heterocycles. The van der Waals surface area contributed by atoms with Crippen LogP contribution >= 0.6 is 0 Å². The van der Waals surface area contributed by atoms with Crippen molar-refractivity contribution >= 4 is 34.2 Å². The van der Waals surface area contributed by atoms with E-state index in [1.807, 2.05) is 28.9 Å². The third-order valence-corrected chi connectivity index (χ3v) is 8.15. The summed E-state index contributed by atoms with van der Waals surface area (Å²) >= 11 is 0. The van der Waals surface area contributed by atoms with Crippen molar-refractivity contribution in [3.63, 3.8) is 0 Å². The maximum absolute atomic E-state index is 6.65. The Hall–Kier alpha value is -4.64. The van der Waals surface area contributed by atoms with Crippen LogP contribution in [0.1, 0.15) is 47.1 Å². The van der Waals surface area contributed by atoms with E-state index in [1.54, 1.807) is 0 Å². The molecule has 0 unspecified atom stereocenters. The minimum absolute atomic E-state index is 0.0104. The van der Waals surface area contributed by atoms with Gasteiger partial charge in [0.15, 0.2) is 0 Å². The van der Waals surface area contributed by atoms with Crippen molar-refractivity contribution < 1.29 is 13.9 Å². The number of para-hydroxylation sites is 1. The second-order valence-corrected chi connectivity index (χ2v) is 13.3. The molecule has 0 saturated carbocycles. The molecule has 5 heteroatoms. The molecule has 0 fully saturated rings. The Bertz CT molecular complexity index is 1840. The fourth-order valence-corrected chi connectivity index (χ4v) is 5.53. The second kappa shape index (κ2) is 9.73. The van der Waals surface area contributed by atoms with Gasteiger partial charge in [-0.05, 0) is 58.2 Å². The van der Waals surface area contributed by atoms with Gasteiger partial charge in [-0.25, -0.2) is 0 Å². The zero-order valence-corrected chi connectivity index (χ0v) is 25.8. The highest BCUT2D eigenvalue weighted by Crippen LogP contribution is 2.38. The first-order valence-electron chi connectivity index (χ1n) is 14.4. The van der Waals surface area contributed by atoms with E-state index in [4.69, 9.17) is 4.74 Å². The Morgan fingerprint density at radius 2 is 1.64 bits per heavy atom. The van der Waals surface area contributed by atoms with Gasteiger partial charge in [-0.3, -0.25) is 9.14 Å². The molecular formula is C37H40N4O. The van der Waals surface area contributed by atoms with Crippen LogP contribution in [0.25, 0.3) is 21.8 Å². The largest absolute Gasteiger partial charge is 0.458 e. The highest BCUT2D eigenvalue weighted by molar-refractivity contribution is 6.04.